The van der Waals surface area contributed by atoms with Gasteiger partial charge < -0.3 is 4.74 Å². The molecule has 0 amide bonds. The van der Waals surface area contributed by atoms with Crippen LogP contribution < -0.4 is 0 Å². The van der Waals surface area contributed by atoms with Gasteiger partial charge in [0, 0.05) is 0 Å². The molecule has 0 saturated heterocycles. The molecule has 0 bridgehead atoms. The molecule has 0 aliphatic rings. The Balaban J connectivity index is 2.99. The molecule has 0 saturated carbocycles. The molecular weight excluding hydrogens is 181 g/mol. The first-order valence-electron chi connectivity index (χ1n) is 4.49. The average molecular weight is 193 g/mol. The highest BCUT2D eigenvalue weighted by Crippen LogP contribution is 2.24. The molecule has 0 radical (unpaired) electrons. The zero-order valence-corrected chi connectivity index (χ0v) is 8.25. The van der Waals surface area contributed by atoms with Crippen LogP contribution in [0, 0.1) is 24.3 Å². The van der Waals surface area contributed by atoms with E-state index in [1.807, 2.05) is 13.8 Å². The van der Waals surface area contributed by atoms with Crippen LogP contribution in [0.4, 0.5) is 4.39 Å². The van der Waals surface area contributed by atoms with Gasteiger partial charge in [0.25, 0.3) is 6.26 Å². The second kappa shape index (κ2) is 4.61. The molecule has 0 aliphatic carbocycles. The van der Waals surface area contributed by atoms with Gasteiger partial charge in [-0.3, -0.25) is 0 Å². The van der Waals surface area contributed by atoms with Gasteiger partial charge in [-0.1, -0.05) is 13.0 Å². The van der Waals surface area contributed by atoms with Crippen LogP contribution >= 0.6 is 0 Å². The summed E-state index contributed by atoms with van der Waals surface area (Å²) in [6, 6.07) is 4.49. The van der Waals surface area contributed by atoms with Crippen LogP contribution in [-0.4, -0.2) is 0 Å². The van der Waals surface area contributed by atoms with Crippen molar-refractivity contribution >= 4 is 0 Å². The molecule has 74 valence electrons. The van der Waals surface area contributed by atoms with E-state index in [1.165, 1.54) is 12.1 Å². The summed E-state index contributed by atoms with van der Waals surface area (Å²) in [7, 11) is 0. The van der Waals surface area contributed by atoms with Crippen molar-refractivity contribution in [1.29, 1.82) is 5.26 Å². The second-order valence-electron chi connectivity index (χ2n) is 3.11. The van der Waals surface area contributed by atoms with E-state index < -0.39 is 0 Å². The van der Waals surface area contributed by atoms with Gasteiger partial charge in [0.1, 0.15) is 11.9 Å². The van der Waals surface area contributed by atoms with E-state index in [4.69, 9.17) is 10.00 Å². The fourth-order valence-electron chi connectivity index (χ4n) is 1.43. The van der Waals surface area contributed by atoms with Crippen LogP contribution in [0.1, 0.15) is 30.6 Å². The van der Waals surface area contributed by atoms with Gasteiger partial charge in [-0.05, 0) is 36.6 Å². The summed E-state index contributed by atoms with van der Waals surface area (Å²) in [5, 5.41) is 8.43. The summed E-state index contributed by atoms with van der Waals surface area (Å²) in [4.78, 5) is 0. The molecule has 3 heteroatoms. The van der Waals surface area contributed by atoms with Crippen molar-refractivity contribution < 1.29 is 9.13 Å². The minimum Gasteiger partial charge on any atom is -0.419 e. The van der Waals surface area contributed by atoms with Gasteiger partial charge in [0.05, 0.1) is 0 Å². The molecule has 0 N–H and O–H groups in total. The molecule has 0 fully saturated rings. The number of hydrogen-bond acceptors (Lipinski definition) is 2. The van der Waals surface area contributed by atoms with Crippen LogP contribution in [0.25, 0.3) is 0 Å². The summed E-state index contributed by atoms with van der Waals surface area (Å²) < 4.78 is 17.7. The summed E-state index contributed by atoms with van der Waals surface area (Å²) in [6.45, 7) is 3.73. The van der Waals surface area contributed by atoms with Crippen molar-refractivity contribution in [3.05, 3.63) is 35.1 Å². The summed E-state index contributed by atoms with van der Waals surface area (Å²) in [6.07, 6.45) is 2.10. The maximum absolute atomic E-state index is 12.8. The molecule has 1 rings (SSSR count). The predicted octanol–water partition coefficient (Wildman–Crippen LogP) is 3.08. The van der Waals surface area contributed by atoms with Crippen LogP contribution in [0.15, 0.2) is 18.2 Å². The third-order valence-electron chi connectivity index (χ3n) is 2.14. The predicted molar refractivity (Wildman–Crippen MR) is 50.9 cm³/mol. The van der Waals surface area contributed by atoms with E-state index in [0.29, 0.717) is 6.42 Å². The Morgan fingerprint density at radius 3 is 2.79 bits per heavy atom. The summed E-state index contributed by atoms with van der Waals surface area (Å²) in [5.41, 5.74) is 1.68. The van der Waals surface area contributed by atoms with E-state index in [1.54, 1.807) is 12.3 Å². The Hall–Kier alpha value is -1.56. The van der Waals surface area contributed by atoms with Gasteiger partial charge in [-0.25, -0.2) is 4.39 Å². The number of nitrogens with zero attached hydrogens (tertiary/aromatic N) is 1. The SMILES string of the molecule is CC[C@@H](OC#N)c1ccc(F)cc1C. The lowest BCUT2D eigenvalue weighted by molar-refractivity contribution is 0.158. The number of hydrogen-bond donors (Lipinski definition) is 0. The Morgan fingerprint density at radius 1 is 1.57 bits per heavy atom. The van der Waals surface area contributed by atoms with E-state index >= 15 is 0 Å². The lowest BCUT2D eigenvalue weighted by Gasteiger charge is -2.14. The molecule has 0 unspecified atom stereocenters. The number of nitriles is 1. The Kier molecular flexibility index (Phi) is 3.47. The summed E-state index contributed by atoms with van der Waals surface area (Å²) in [5.74, 6) is -0.266. The van der Waals surface area contributed by atoms with Crippen LogP contribution in [0.3, 0.4) is 0 Å². The first kappa shape index (κ1) is 10.5. The van der Waals surface area contributed by atoms with Crippen LogP contribution in [0.5, 0.6) is 0 Å². The lowest BCUT2D eigenvalue weighted by Crippen LogP contribution is -2.02. The smallest absolute Gasteiger partial charge is 0.286 e. The van der Waals surface area contributed by atoms with Crippen molar-refractivity contribution in [2.24, 2.45) is 0 Å². The van der Waals surface area contributed by atoms with E-state index in [2.05, 4.69) is 0 Å². The Bertz CT molecular complexity index is 357. The highest BCUT2D eigenvalue weighted by atomic mass is 19.1. The van der Waals surface area contributed by atoms with Crippen molar-refractivity contribution in [1.82, 2.24) is 0 Å². The summed E-state index contributed by atoms with van der Waals surface area (Å²) >= 11 is 0. The van der Waals surface area contributed by atoms with Crippen LogP contribution in [0.2, 0.25) is 0 Å². The second-order valence-corrected chi connectivity index (χ2v) is 3.11. The number of ether oxygens (including phenoxy) is 1. The standard InChI is InChI=1S/C11H12FNO/c1-3-11(14-7-13)10-5-4-9(12)6-8(10)2/h4-6,11H,3H2,1-2H3/t11-/m1/s1. The van der Waals surface area contributed by atoms with E-state index in [0.717, 1.165) is 11.1 Å². The van der Waals surface area contributed by atoms with Gasteiger partial charge in [-0.15, -0.1) is 0 Å². The van der Waals surface area contributed by atoms with Gasteiger partial charge >= 0.3 is 0 Å². The first-order chi connectivity index (χ1) is 6.69. The minimum atomic E-state index is -0.266. The van der Waals surface area contributed by atoms with Crippen LogP contribution in [-0.2, 0) is 4.74 Å². The lowest BCUT2D eigenvalue weighted by atomic mass is 10.0. The largest absolute Gasteiger partial charge is 0.419 e. The van der Waals surface area contributed by atoms with Gasteiger partial charge in [0.15, 0.2) is 0 Å². The van der Waals surface area contributed by atoms with Crippen molar-refractivity contribution in [2.45, 2.75) is 26.4 Å². The zero-order valence-electron chi connectivity index (χ0n) is 8.25. The number of halogens is 1. The third-order valence-corrected chi connectivity index (χ3v) is 2.14. The highest BCUT2D eigenvalue weighted by molar-refractivity contribution is 5.28. The molecule has 14 heavy (non-hydrogen) atoms. The monoisotopic (exact) mass is 193 g/mol. The van der Waals surface area contributed by atoms with Gasteiger partial charge in [0.2, 0.25) is 0 Å². The number of aryl methyl sites for hydroxylation is 1. The molecule has 0 heterocycles. The maximum Gasteiger partial charge on any atom is 0.286 e. The first-order valence-corrected chi connectivity index (χ1v) is 4.49. The average Bonchev–Trinajstić information content (AvgIpc) is 2.15. The number of benzene rings is 1. The molecule has 1 aromatic carbocycles. The molecule has 2 nitrogen and oxygen atoms in total. The fraction of sp³-hybridized carbons (Fsp3) is 0.364. The molecule has 1 aromatic rings. The maximum atomic E-state index is 12.8. The Labute approximate surface area is 82.9 Å². The van der Waals surface area contributed by atoms with Gasteiger partial charge in [-0.2, -0.15) is 5.26 Å². The number of rotatable bonds is 3. The zero-order chi connectivity index (χ0) is 10.6. The molecular formula is C11H12FNO. The molecule has 0 aliphatic heterocycles. The Morgan fingerprint density at radius 2 is 2.29 bits per heavy atom. The van der Waals surface area contributed by atoms with Crippen molar-refractivity contribution in [3.8, 4) is 6.26 Å². The molecule has 0 aromatic heterocycles. The van der Waals surface area contributed by atoms with E-state index in [-0.39, 0.29) is 11.9 Å². The molecule has 1 atom stereocenters. The van der Waals surface area contributed by atoms with Crippen molar-refractivity contribution in [3.63, 3.8) is 0 Å². The third kappa shape index (κ3) is 2.23. The van der Waals surface area contributed by atoms with E-state index in [9.17, 15) is 4.39 Å². The van der Waals surface area contributed by atoms with Crippen molar-refractivity contribution in [2.75, 3.05) is 0 Å². The highest BCUT2D eigenvalue weighted by Gasteiger charge is 2.12. The minimum absolute atomic E-state index is 0.263. The topological polar surface area (TPSA) is 33.0 Å². The quantitative estimate of drug-likeness (QED) is 0.691. The molecule has 0 spiro atoms. The normalized spacial score (nSPS) is 11.9. The fourth-order valence-corrected chi connectivity index (χ4v) is 1.43.